The van der Waals surface area contributed by atoms with Crippen LogP contribution in [0.25, 0.3) is 0 Å². The normalized spacial score (nSPS) is 11.4. The smallest absolute Gasteiger partial charge is 0.120 e. The first-order valence-corrected chi connectivity index (χ1v) is 8.52. The van der Waals surface area contributed by atoms with E-state index in [4.69, 9.17) is 9.47 Å². The molecule has 0 radical (unpaired) electrons. The fraction of sp³-hybridized carbons (Fsp3) is 0.500. The average Bonchev–Trinajstić information content (AvgIpc) is 2.55. The average molecular weight is 302 g/mol. The van der Waals surface area contributed by atoms with Gasteiger partial charge in [0.15, 0.2) is 0 Å². The molecule has 0 atom stereocenters. The summed E-state index contributed by atoms with van der Waals surface area (Å²) in [7, 11) is 0. The third kappa shape index (κ3) is 9.28. The highest BCUT2D eigenvalue weighted by Gasteiger charge is 1.94. The summed E-state index contributed by atoms with van der Waals surface area (Å²) in [6.45, 7) is 5.66. The van der Waals surface area contributed by atoms with Gasteiger partial charge in [-0.3, -0.25) is 0 Å². The van der Waals surface area contributed by atoms with Gasteiger partial charge in [0.05, 0.1) is 0 Å². The van der Waals surface area contributed by atoms with E-state index in [-0.39, 0.29) is 0 Å². The lowest BCUT2D eigenvalue weighted by Gasteiger charge is -2.06. The van der Waals surface area contributed by atoms with E-state index < -0.39 is 0 Å². The largest absolute Gasteiger partial charge is 0.490 e. The van der Waals surface area contributed by atoms with E-state index in [1.165, 1.54) is 25.7 Å². The topological polar surface area (TPSA) is 18.5 Å². The van der Waals surface area contributed by atoms with Crippen molar-refractivity contribution in [3.63, 3.8) is 0 Å². The number of hydrogen-bond donors (Lipinski definition) is 0. The highest BCUT2D eigenvalue weighted by atomic mass is 16.5. The van der Waals surface area contributed by atoms with Gasteiger partial charge in [-0.1, -0.05) is 63.8 Å². The van der Waals surface area contributed by atoms with Crippen molar-refractivity contribution in [2.75, 3.05) is 13.2 Å². The van der Waals surface area contributed by atoms with E-state index in [1.807, 2.05) is 24.3 Å². The quantitative estimate of drug-likeness (QED) is 0.351. The highest BCUT2D eigenvalue weighted by Crippen LogP contribution is 2.17. The van der Waals surface area contributed by atoms with E-state index in [0.717, 1.165) is 24.3 Å². The summed E-state index contributed by atoms with van der Waals surface area (Å²) in [6.07, 6.45) is 15.8. The van der Waals surface area contributed by atoms with Crippen LogP contribution in [0.4, 0.5) is 0 Å². The van der Waals surface area contributed by atoms with Crippen LogP contribution in [0.5, 0.6) is 11.5 Å². The molecule has 0 bridgehead atoms. The van der Waals surface area contributed by atoms with Gasteiger partial charge in [0, 0.05) is 0 Å². The first-order valence-electron chi connectivity index (χ1n) is 8.52. The Hall–Kier alpha value is -1.70. The third-order valence-electron chi connectivity index (χ3n) is 3.30. The number of rotatable bonds is 12. The van der Waals surface area contributed by atoms with Gasteiger partial charge >= 0.3 is 0 Å². The van der Waals surface area contributed by atoms with Crippen LogP contribution in [0.1, 0.15) is 52.4 Å². The minimum absolute atomic E-state index is 0.629. The van der Waals surface area contributed by atoms with E-state index >= 15 is 0 Å². The molecule has 0 spiro atoms. The van der Waals surface area contributed by atoms with Gasteiger partial charge in [0.25, 0.3) is 0 Å². The van der Waals surface area contributed by atoms with Crippen LogP contribution in [-0.4, -0.2) is 13.2 Å². The summed E-state index contributed by atoms with van der Waals surface area (Å²) in [4.78, 5) is 0. The number of benzene rings is 1. The molecule has 0 unspecified atom stereocenters. The van der Waals surface area contributed by atoms with Crippen molar-refractivity contribution in [3.05, 3.63) is 48.6 Å². The number of hydrogen-bond acceptors (Lipinski definition) is 2. The Morgan fingerprint density at radius 2 is 1.09 bits per heavy atom. The van der Waals surface area contributed by atoms with Crippen LogP contribution in [0.3, 0.4) is 0 Å². The summed E-state index contributed by atoms with van der Waals surface area (Å²) in [6, 6.07) is 7.82. The Morgan fingerprint density at radius 3 is 1.45 bits per heavy atom. The number of unbranched alkanes of at least 4 members (excludes halogenated alkanes) is 4. The molecule has 0 heterocycles. The zero-order valence-electron chi connectivity index (χ0n) is 14.1. The Bertz CT molecular complexity index is 377. The first-order chi connectivity index (χ1) is 10.9. The molecule has 122 valence electrons. The van der Waals surface area contributed by atoms with E-state index in [0.29, 0.717) is 13.2 Å². The minimum Gasteiger partial charge on any atom is -0.490 e. The maximum absolute atomic E-state index is 5.65. The Morgan fingerprint density at radius 1 is 0.682 bits per heavy atom. The molecule has 1 aromatic rings. The number of allylic oxidation sites excluding steroid dienone is 2. The SMILES string of the molecule is CCCC/C=C/COc1ccc(OC/C=C/CCCC)cc1. The molecule has 0 aliphatic carbocycles. The van der Waals surface area contributed by atoms with Gasteiger partial charge in [-0.2, -0.15) is 0 Å². The van der Waals surface area contributed by atoms with Crippen molar-refractivity contribution < 1.29 is 9.47 Å². The molecule has 0 amide bonds. The van der Waals surface area contributed by atoms with Crippen LogP contribution in [0, 0.1) is 0 Å². The molecule has 2 nitrogen and oxygen atoms in total. The van der Waals surface area contributed by atoms with Crippen molar-refractivity contribution >= 4 is 0 Å². The van der Waals surface area contributed by atoms with Gasteiger partial charge in [-0.25, -0.2) is 0 Å². The maximum atomic E-state index is 5.65. The molecule has 22 heavy (non-hydrogen) atoms. The monoisotopic (exact) mass is 302 g/mol. The van der Waals surface area contributed by atoms with Gasteiger partial charge in [-0.15, -0.1) is 0 Å². The molecular weight excluding hydrogens is 272 g/mol. The predicted molar refractivity (Wildman–Crippen MR) is 94.8 cm³/mol. The maximum Gasteiger partial charge on any atom is 0.120 e. The zero-order valence-corrected chi connectivity index (χ0v) is 14.1. The molecule has 0 fully saturated rings. The summed E-state index contributed by atoms with van der Waals surface area (Å²) in [5, 5.41) is 0. The molecule has 1 rings (SSSR count). The van der Waals surface area contributed by atoms with E-state index in [9.17, 15) is 0 Å². The second-order valence-electron chi connectivity index (χ2n) is 5.32. The standard InChI is InChI=1S/C20H30O2/c1-3-5-7-9-11-17-21-19-13-15-20(16-14-19)22-18-12-10-8-6-4-2/h9-16H,3-8,17-18H2,1-2H3/b11-9+,12-10+. The van der Waals surface area contributed by atoms with Crippen molar-refractivity contribution in [2.24, 2.45) is 0 Å². The third-order valence-corrected chi connectivity index (χ3v) is 3.30. The van der Waals surface area contributed by atoms with Crippen molar-refractivity contribution in [1.29, 1.82) is 0 Å². The molecule has 0 saturated heterocycles. The second kappa shape index (κ2) is 13.0. The van der Waals surface area contributed by atoms with E-state index in [2.05, 4.69) is 38.2 Å². The van der Waals surface area contributed by atoms with Crippen molar-refractivity contribution in [1.82, 2.24) is 0 Å². The van der Waals surface area contributed by atoms with Crippen molar-refractivity contribution in [3.8, 4) is 11.5 Å². The van der Waals surface area contributed by atoms with Gasteiger partial charge < -0.3 is 9.47 Å². The molecule has 0 N–H and O–H groups in total. The molecule has 0 aromatic heterocycles. The molecule has 0 aliphatic rings. The Balaban J connectivity index is 2.19. The van der Waals surface area contributed by atoms with Crippen LogP contribution in [-0.2, 0) is 0 Å². The molecule has 0 saturated carbocycles. The second-order valence-corrected chi connectivity index (χ2v) is 5.32. The lowest BCUT2D eigenvalue weighted by Crippen LogP contribution is -1.95. The number of ether oxygens (including phenoxy) is 2. The van der Waals surface area contributed by atoms with Crippen molar-refractivity contribution in [2.45, 2.75) is 52.4 Å². The molecule has 2 heteroatoms. The van der Waals surface area contributed by atoms with Gasteiger partial charge in [0.1, 0.15) is 24.7 Å². The van der Waals surface area contributed by atoms with Gasteiger partial charge in [-0.05, 0) is 37.1 Å². The zero-order chi connectivity index (χ0) is 15.9. The first kappa shape index (κ1) is 18.3. The molecule has 1 aromatic carbocycles. The predicted octanol–water partition coefficient (Wildman–Crippen LogP) is 5.94. The lowest BCUT2D eigenvalue weighted by atomic mass is 10.2. The van der Waals surface area contributed by atoms with Gasteiger partial charge in [0.2, 0.25) is 0 Å². The van der Waals surface area contributed by atoms with Crippen LogP contribution >= 0.6 is 0 Å². The Labute approximate surface area is 135 Å². The summed E-state index contributed by atoms with van der Waals surface area (Å²) < 4.78 is 11.3. The van der Waals surface area contributed by atoms with Crippen LogP contribution in [0.2, 0.25) is 0 Å². The molecular formula is C20H30O2. The highest BCUT2D eigenvalue weighted by molar-refractivity contribution is 5.31. The summed E-state index contributed by atoms with van der Waals surface area (Å²) >= 11 is 0. The van der Waals surface area contributed by atoms with Crippen LogP contribution < -0.4 is 9.47 Å². The fourth-order valence-electron chi connectivity index (χ4n) is 1.94. The summed E-state index contributed by atoms with van der Waals surface area (Å²) in [5.41, 5.74) is 0. The minimum atomic E-state index is 0.629. The van der Waals surface area contributed by atoms with Crippen LogP contribution in [0.15, 0.2) is 48.6 Å². The lowest BCUT2D eigenvalue weighted by molar-refractivity contribution is 0.352. The summed E-state index contributed by atoms with van der Waals surface area (Å²) in [5.74, 6) is 1.76. The fourth-order valence-corrected chi connectivity index (χ4v) is 1.94. The Kier molecular flexibility index (Phi) is 10.8. The van der Waals surface area contributed by atoms with E-state index in [1.54, 1.807) is 0 Å². The molecule has 0 aliphatic heterocycles.